The molecule has 3 saturated heterocycles. The number of nitrogens with zero attached hydrogens (tertiary/aromatic N) is 2. The van der Waals surface area contributed by atoms with Crippen LogP contribution in [0.3, 0.4) is 0 Å². The summed E-state index contributed by atoms with van der Waals surface area (Å²) in [5, 5.41) is 12.8. The molecule has 8 nitrogen and oxygen atoms in total. The number of likely N-dealkylation sites (tertiary alicyclic amines) is 1. The lowest BCUT2D eigenvalue weighted by Crippen LogP contribution is -2.59. The molecule has 45 heavy (non-hydrogen) atoms. The van der Waals surface area contributed by atoms with Gasteiger partial charge in [0.2, 0.25) is 5.91 Å². The minimum atomic E-state index is -1.26. The lowest BCUT2D eigenvalue weighted by molar-refractivity contribution is -0.160. The molecular weight excluding hydrogens is 568 g/mol. The summed E-state index contributed by atoms with van der Waals surface area (Å²) >= 11 is 0. The molecule has 234 valence electrons. The van der Waals surface area contributed by atoms with Crippen LogP contribution in [0, 0.1) is 11.8 Å². The fourth-order valence-electron chi connectivity index (χ4n) is 7.81. The van der Waals surface area contributed by atoms with Gasteiger partial charge in [-0.05, 0) is 61.1 Å². The Balaban J connectivity index is 1.45. The Morgan fingerprint density at radius 1 is 1.07 bits per heavy atom. The number of aliphatic hydroxyl groups excluding tert-OH is 1. The van der Waals surface area contributed by atoms with E-state index >= 15 is 4.79 Å². The molecule has 6 atom stereocenters. The van der Waals surface area contributed by atoms with Gasteiger partial charge in [0.15, 0.2) is 0 Å². The first-order valence-corrected chi connectivity index (χ1v) is 15.6. The van der Waals surface area contributed by atoms with Crippen LogP contribution in [0.1, 0.15) is 31.7 Å². The van der Waals surface area contributed by atoms with Crippen LogP contribution in [0.2, 0.25) is 0 Å². The Hall–Kier alpha value is -4.27. The van der Waals surface area contributed by atoms with Gasteiger partial charge in [0.1, 0.15) is 17.6 Å². The van der Waals surface area contributed by atoms with Crippen LogP contribution >= 0.6 is 0 Å². The van der Waals surface area contributed by atoms with Gasteiger partial charge in [-0.3, -0.25) is 14.4 Å². The van der Waals surface area contributed by atoms with E-state index in [1.165, 1.54) is 4.90 Å². The van der Waals surface area contributed by atoms with E-state index in [2.05, 4.69) is 13.2 Å². The van der Waals surface area contributed by atoms with Crippen LogP contribution in [0.5, 0.6) is 0 Å². The van der Waals surface area contributed by atoms with Crippen LogP contribution in [0.4, 0.5) is 5.69 Å². The van der Waals surface area contributed by atoms with Crippen molar-refractivity contribution in [3.8, 4) is 0 Å². The third-order valence-electron chi connectivity index (χ3n) is 9.81. The molecule has 6 rings (SSSR count). The van der Waals surface area contributed by atoms with Gasteiger partial charge in [-0.1, -0.05) is 72.8 Å². The van der Waals surface area contributed by atoms with Gasteiger partial charge in [-0.2, -0.15) is 0 Å². The number of hydrogen-bond donors (Lipinski definition) is 1. The van der Waals surface area contributed by atoms with Crippen molar-refractivity contribution < 1.29 is 29.0 Å². The van der Waals surface area contributed by atoms with E-state index in [1.807, 2.05) is 79.7 Å². The summed E-state index contributed by atoms with van der Waals surface area (Å²) in [6.45, 7) is 9.44. The second-order valence-corrected chi connectivity index (χ2v) is 12.5. The van der Waals surface area contributed by atoms with Crippen LogP contribution < -0.4 is 4.90 Å². The van der Waals surface area contributed by atoms with E-state index in [4.69, 9.17) is 9.47 Å². The van der Waals surface area contributed by atoms with Crippen molar-refractivity contribution in [3.63, 3.8) is 0 Å². The number of ether oxygens (including phenoxy) is 2. The average molecular weight is 609 g/mol. The number of aliphatic hydroxyl groups is 1. The summed E-state index contributed by atoms with van der Waals surface area (Å²) < 4.78 is 12.4. The van der Waals surface area contributed by atoms with Crippen molar-refractivity contribution in [3.05, 3.63) is 104 Å². The quantitative estimate of drug-likeness (QED) is 0.180. The standard InChI is InChI=1S/C37H40N2O6/c1-4-6-21-44-35(43)31-30-33(41)39(29(24-40)22-25-12-8-7-9-13-25)32(37(30)19-18-36(31,3)45-37)34(42)38(20-5-2)28-17-16-26-14-10-11-15-27(26)23-28/h4-5,7-17,23,29-32,40H,1-2,6,18-22,24H2,3H3/t29-,30+,31-,32?,36+,37?/m1/s1. The van der Waals surface area contributed by atoms with E-state index in [0.29, 0.717) is 31.4 Å². The molecule has 0 aliphatic carbocycles. The molecule has 2 unspecified atom stereocenters. The van der Waals surface area contributed by atoms with Crippen LogP contribution in [-0.2, 0) is 30.3 Å². The molecule has 3 aromatic carbocycles. The summed E-state index contributed by atoms with van der Waals surface area (Å²) in [4.78, 5) is 46.5. The van der Waals surface area contributed by atoms with Crippen molar-refractivity contribution in [1.82, 2.24) is 4.90 Å². The smallest absolute Gasteiger partial charge is 0.312 e. The molecule has 3 heterocycles. The first kappa shape index (κ1) is 30.7. The molecule has 3 aliphatic heterocycles. The lowest BCUT2D eigenvalue weighted by Gasteiger charge is -2.39. The predicted octanol–water partition coefficient (Wildman–Crippen LogP) is 4.85. The third-order valence-corrected chi connectivity index (χ3v) is 9.81. The first-order chi connectivity index (χ1) is 21.8. The summed E-state index contributed by atoms with van der Waals surface area (Å²) in [5.74, 6) is -3.01. The maximum atomic E-state index is 15.0. The number of fused-ring (bicyclic) bond motifs is 2. The highest BCUT2D eigenvalue weighted by molar-refractivity contribution is 6.05. The van der Waals surface area contributed by atoms with Crippen molar-refractivity contribution in [2.24, 2.45) is 11.8 Å². The number of carbonyl (C=O) groups is 3. The van der Waals surface area contributed by atoms with Gasteiger partial charge in [-0.15, -0.1) is 13.2 Å². The molecule has 0 saturated carbocycles. The summed E-state index contributed by atoms with van der Waals surface area (Å²) in [6, 6.07) is 21.5. The van der Waals surface area contributed by atoms with E-state index in [-0.39, 0.29) is 31.6 Å². The van der Waals surface area contributed by atoms with Gasteiger partial charge >= 0.3 is 5.97 Å². The van der Waals surface area contributed by atoms with E-state index in [0.717, 1.165) is 16.3 Å². The number of carbonyl (C=O) groups excluding carboxylic acids is 3. The Morgan fingerprint density at radius 3 is 2.51 bits per heavy atom. The SMILES string of the molecule is C=CCCOC(=O)[C@H]1[C@H]2C(=O)N([C@@H](CO)Cc3ccccc3)C(C(=O)N(CC=C)c3ccc4ccccc4c3)C23CC[C@]1(C)O3. The molecule has 2 bridgehead atoms. The van der Waals surface area contributed by atoms with Crippen LogP contribution in [0.15, 0.2) is 98.1 Å². The van der Waals surface area contributed by atoms with Crippen molar-refractivity contribution in [1.29, 1.82) is 0 Å². The number of esters is 1. The number of rotatable bonds is 12. The minimum Gasteiger partial charge on any atom is -0.465 e. The van der Waals surface area contributed by atoms with E-state index in [1.54, 1.807) is 17.1 Å². The van der Waals surface area contributed by atoms with Gasteiger partial charge in [0.05, 0.1) is 30.8 Å². The molecule has 0 aromatic heterocycles. The van der Waals surface area contributed by atoms with Crippen molar-refractivity contribution in [2.75, 3.05) is 24.7 Å². The zero-order valence-electron chi connectivity index (χ0n) is 25.6. The molecule has 1 N–H and O–H groups in total. The predicted molar refractivity (Wildman–Crippen MR) is 172 cm³/mol. The normalized spacial score (nSPS) is 27.3. The Morgan fingerprint density at radius 2 is 1.80 bits per heavy atom. The van der Waals surface area contributed by atoms with Crippen molar-refractivity contribution in [2.45, 2.75) is 55.9 Å². The fourth-order valence-corrected chi connectivity index (χ4v) is 7.81. The highest BCUT2D eigenvalue weighted by atomic mass is 16.6. The molecular formula is C37H40N2O6. The number of anilines is 1. The second kappa shape index (κ2) is 12.3. The maximum Gasteiger partial charge on any atom is 0.312 e. The fraction of sp³-hybridized carbons (Fsp3) is 0.378. The molecule has 3 aromatic rings. The van der Waals surface area contributed by atoms with Gasteiger partial charge in [0, 0.05) is 12.2 Å². The van der Waals surface area contributed by atoms with Gasteiger partial charge in [-0.25, -0.2) is 0 Å². The van der Waals surface area contributed by atoms with E-state index < -0.39 is 41.1 Å². The highest BCUT2D eigenvalue weighted by Crippen LogP contribution is 2.64. The lowest BCUT2D eigenvalue weighted by atomic mass is 9.66. The summed E-state index contributed by atoms with van der Waals surface area (Å²) in [6.07, 6.45) is 5.06. The largest absolute Gasteiger partial charge is 0.465 e. The molecule has 8 heteroatoms. The summed E-state index contributed by atoms with van der Waals surface area (Å²) in [7, 11) is 0. The Bertz CT molecular complexity index is 1620. The minimum absolute atomic E-state index is 0.150. The Kier molecular flexibility index (Phi) is 8.37. The first-order valence-electron chi connectivity index (χ1n) is 15.6. The zero-order valence-corrected chi connectivity index (χ0v) is 25.6. The van der Waals surface area contributed by atoms with Crippen LogP contribution in [-0.4, -0.2) is 70.8 Å². The topological polar surface area (TPSA) is 96.4 Å². The molecule has 3 fully saturated rings. The maximum absolute atomic E-state index is 15.0. The average Bonchev–Trinajstić information content (AvgIpc) is 3.63. The second-order valence-electron chi connectivity index (χ2n) is 12.5. The zero-order chi connectivity index (χ0) is 31.8. The van der Waals surface area contributed by atoms with Crippen molar-refractivity contribution >= 4 is 34.2 Å². The van der Waals surface area contributed by atoms with Gasteiger partial charge in [0.25, 0.3) is 5.91 Å². The molecule has 3 aliphatic rings. The molecule has 1 spiro atoms. The monoisotopic (exact) mass is 608 g/mol. The summed E-state index contributed by atoms with van der Waals surface area (Å²) in [5.41, 5.74) is -0.643. The molecule has 0 radical (unpaired) electrons. The van der Waals surface area contributed by atoms with Gasteiger partial charge < -0.3 is 24.4 Å². The highest BCUT2D eigenvalue weighted by Gasteiger charge is 2.79. The Labute approximate surface area is 263 Å². The van der Waals surface area contributed by atoms with Crippen LogP contribution in [0.25, 0.3) is 10.8 Å². The third kappa shape index (κ3) is 5.16. The molecule has 2 amide bonds. The number of amides is 2. The van der Waals surface area contributed by atoms with E-state index in [9.17, 15) is 14.7 Å². The number of benzene rings is 3. The number of hydrogen-bond acceptors (Lipinski definition) is 6.